The molecule has 0 aliphatic rings. The first-order chi connectivity index (χ1) is 12.2. The first-order valence-electron chi connectivity index (χ1n) is 6.69. The van der Waals surface area contributed by atoms with Gasteiger partial charge in [-0.2, -0.15) is 0 Å². The molecular formula is C14H8Cl2N4O5S. The Kier molecular flexibility index (Phi) is 6.03. The summed E-state index contributed by atoms with van der Waals surface area (Å²) < 4.78 is 0. The third kappa shape index (κ3) is 4.63. The topological polar surface area (TPSA) is 127 Å². The second-order valence-corrected chi connectivity index (χ2v) is 5.98. The molecule has 0 spiro atoms. The van der Waals surface area contributed by atoms with Crippen LogP contribution in [0, 0.1) is 20.2 Å². The number of anilines is 1. The summed E-state index contributed by atoms with van der Waals surface area (Å²) in [7, 11) is 0. The van der Waals surface area contributed by atoms with Gasteiger partial charge >= 0.3 is 0 Å². The van der Waals surface area contributed by atoms with E-state index in [1.165, 1.54) is 0 Å². The van der Waals surface area contributed by atoms with E-state index in [-0.39, 0.29) is 26.4 Å². The number of nitro groups is 2. The molecule has 0 unspecified atom stereocenters. The summed E-state index contributed by atoms with van der Waals surface area (Å²) in [5.41, 5.74) is -1.25. The van der Waals surface area contributed by atoms with Crippen molar-refractivity contribution < 1.29 is 14.6 Å². The lowest BCUT2D eigenvalue weighted by atomic mass is 10.1. The number of nitrogens with zero attached hydrogens (tertiary/aromatic N) is 2. The van der Waals surface area contributed by atoms with E-state index in [1.807, 2.05) is 0 Å². The molecule has 2 N–H and O–H groups in total. The van der Waals surface area contributed by atoms with Gasteiger partial charge in [0.15, 0.2) is 5.11 Å². The van der Waals surface area contributed by atoms with E-state index in [4.69, 9.17) is 35.4 Å². The minimum atomic E-state index is -0.877. The summed E-state index contributed by atoms with van der Waals surface area (Å²) in [5.74, 6) is -0.877. The van der Waals surface area contributed by atoms with Crippen molar-refractivity contribution in [3.8, 4) is 0 Å². The molecule has 12 heteroatoms. The van der Waals surface area contributed by atoms with Crippen LogP contribution >= 0.6 is 35.4 Å². The van der Waals surface area contributed by atoms with E-state index in [1.54, 1.807) is 18.2 Å². The van der Waals surface area contributed by atoms with E-state index in [2.05, 4.69) is 10.6 Å². The summed E-state index contributed by atoms with van der Waals surface area (Å²) in [4.78, 5) is 32.3. The molecule has 0 bridgehead atoms. The van der Waals surface area contributed by atoms with E-state index in [9.17, 15) is 25.0 Å². The van der Waals surface area contributed by atoms with Crippen LogP contribution in [-0.2, 0) is 0 Å². The van der Waals surface area contributed by atoms with Crippen LogP contribution in [0.1, 0.15) is 10.4 Å². The second kappa shape index (κ2) is 8.04. The maximum atomic E-state index is 12.2. The zero-order chi connectivity index (χ0) is 19.4. The van der Waals surface area contributed by atoms with Crippen molar-refractivity contribution >= 4 is 63.5 Å². The number of carbonyl (C=O) groups is 1. The van der Waals surface area contributed by atoms with Crippen LogP contribution < -0.4 is 10.6 Å². The standard InChI is InChI=1S/C14H8Cl2N4O5S/c15-10-2-1-3-11(16)12(10)17-14(26)18-13(21)7-4-8(19(22)23)6-9(5-7)20(24)25/h1-6H,(H2,17,18,21,26). The van der Waals surface area contributed by atoms with Crippen molar-refractivity contribution in [2.45, 2.75) is 0 Å². The van der Waals surface area contributed by atoms with Gasteiger partial charge in [0.05, 0.1) is 37.2 Å². The summed E-state index contributed by atoms with van der Waals surface area (Å²) in [5, 5.41) is 26.9. The fraction of sp³-hybridized carbons (Fsp3) is 0. The van der Waals surface area contributed by atoms with E-state index < -0.39 is 27.1 Å². The van der Waals surface area contributed by atoms with Crippen molar-refractivity contribution in [2.24, 2.45) is 0 Å². The zero-order valence-electron chi connectivity index (χ0n) is 12.6. The summed E-state index contributed by atoms with van der Waals surface area (Å²) in [6, 6.07) is 7.24. The van der Waals surface area contributed by atoms with Gasteiger partial charge in [0, 0.05) is 12.1 Å². The first kappa shape index (κ1) is 19.5. The molecule has 0 saturated carbocycles. The van der Waals surface area contributed by atoms with Gasteiger partial charge in [0.2, 0.25) is 0 Å². The SMILES string of the molecule is O=C(NC(=S)Nc1c(Cl)cccc1Cl)c1cc([N+](=O)[O-])cc([N+](=O)[O-])c1. The number of hydrogen-bond donors (Lipinski definition) is 2. The summed E-state index contributed by atoms with van der Waals surface area (Å²) in [6.45, 7) is 0. The van der Waals surface area contributed by atoms with Crippen LogP contribution in [0.2, 0.25) is 10.0 Å². The Bertz CT molecular complexity index is 885. The van der Waals surface area contributed by atoms with Gasteiger partial charge in [-0.15, -0.1) is 0 Å². The highest BCUT2D eigenvalue weighted by Crippen LogP contribution is 2.29. The number of halogens is 2. The largest absolute Gasteiger partial charge is 0.330 e. The number of thiocarbonyl (C=S) groups is 1. The van der Waals surface area contributed by atoms with Crippen LogP contribution in [0.3, 0.4) is 0 Å². The van der Waals surface area contributed by atoms with Crippen molar-refractivity contribution in [1.82, 2.24) is 5.32 Å². The number of amides is 1. The highest BCUT2D eigenvalue weighted by molar-refractivity contribution is 7.80. The Morgan fingerprint density at radius 1 is 1.00 bits per heavy atom. The lowest BCUT2D eigenvalue weighted by Crippen LogP contribution is -2.34. The normalized spacial score (nSPS) is 10.1. The lowest BCUT2D eigenvalue weighted by molar-refractivity contribution is -0.394. The molecule has 0 heterocycles. The van der Waals surface area contributed by atoms with Crippen molar-refractivity contribution in [3.63, 3.8) is 0 Å². The Morgan fingerprint density at radius 2 is 1.50 bits per heavy atom. The molecule has 9 nitrogen and oxygen atoms in total. The minimum absolute atomic E-state index is 0.195. The molecule has 2 aromatic rings. The molecule has 0 radical (unpaired) electrons. The molecule has 0 aliphatic heterocycles. The Balaban J connectivity index is 2.23. The molecule has 0 fully saturated rings. The Labute approximate surface area is 161 Å². The number of non-ortho nitro benzene ring substituents is 2. The molecular weight excluding hydrogens is 407 g/mol. The van der Waals surface area contributed by atoms with Gasteiger partial charge in [0.25, 0.3) is 17.3 Å². The van der Waals surface area contributed by atoms with Crippen LogP contribution in [-0.4, -0.2) is 20.9 Å². The molecule has 134 valence electrons. The molecule has 26 heavy (non-hydrogen) atoms. The summed E-state index contributed by atoms with van der Waals surface area (Å²) >= 11 is 16.9. The van der Waals surface area contributed by atoms with Gasteiger partial charge in [0.1, 0.15) is 0 Å². The minimum Gasteiger partial charge on any atom is -0.330 e. The number of hydrogen-bond acceptors (Lipinski definition) is 6. The number of rotatable bonds is 4. The van der Waals surface area contributed by atoms with E-state index in [0.29, 0.717) is 0 Å². The van der Waals surface area contributed by atoms with Crippen molar-refractivity contribution in [3.05, 3.63) is 72.2 Å². The average molecular weight is 415 g/mol. The third-order valence-corrected chi connectivity index (χ3v) is 3.85. The maximum Gasteiger partial charge on any atom is 0.277 e. The first-order valence-corrected chi connectivity index (χ1v) is 7.85. The highest BCUT2D eigenvalue weighted by Gasteiger charge is 2.20. The van der Waals surface area contributed by atoms with E-state index in [0.717, 1.165) is 18.2 Å². The van der Waals surface area contributed by atoms with Crippen LogP contribution in [0.25, 0.3) is 0 Å². The molecule has 2 rings (SSSR count). The molecule has 2 aromatic carbocycles. The van der Waals surface area contributed by atoms with Gasteiger partial charge in [-0.3, -0.25) is 30.3 Å². The fourth-order valence-corrected chi connectivity index (χ4v) is 2.56. The fourth-order valence-electron chi connectivity index (χ4n) is 1.87. The lowest BCUT2D eigenvalue weighted by Gasteiger charge is -2.12. The number of benzene rings is 2. The number of nitrogens with one attached hydrogen (secondary N) is 2. The Morgan fingerprint density at radius 3 is 1.96 bits per heavy atom. The number of nitro benzene ring substituents is 2. The summed E-state index contributed by atoms with van der Waals surface area (Å²) in [6.07, 6.45) is 0. The van der Waals surface area contributed by atoms with Gasteiger partial charge in [-0.05, 0) is 24.4 Å². The highest BCUT2D eigenvalue weighted by atomic mass is 35.5. The number of para-hydroxylation sites is 1. The molecule has 0 aromatic heterocycles. The van der Waals surface area contributed by atoms with Crippen molar-refractivity contribution in [2.75, 3.05) is 5.32 Å². The molecule has 0 atom stereocenters. The van der Waals surface area contributed by atoms with Crippen LogP contribution in [0.15, 0.2) is 36.4 Å². The molecule has 1 amide bonds. The average Bonchev–Trinajstić information content (AvgIpc) is 2.57. The van der Waals surface area contributed by atoms with Crippen molar-refractivity contribution in [1.29, 1.82) is 0 Å². The zero-order valence-corrected chi connectivity index (χ0v) is 14.9. The second-order valence-electron chi connectivity index (χ2n) is 4.76. The quantitative estimate of drug-likeness (QED) is 0.440. The van der Waals surface area contributed by atoms with Gasteiger partial charge in [-0.1, -0.05) is 29.3 Å². The van der Waals surface area contributed by atoms with E-state index >= 15 is 0 Å². The maximum absolute atomic E-state index is 12.2. The molecule has 0 aliphatic carbocycles. The molecule has 0 saturated heterocycles. The smallest absolute Gasteiger partial charge is 0.277 e. The van der Waals surface area contributed by atoms with Crippen LogP contribution in [0.5, 0.6) is 0 Å². The van der Waals surface area contributed by atoms with Crippen LogP contribution in [0.4, 0.5) is 17.1 Å². The Hall–Kier alpha value is -2.82. The monoisotopic (exact) mass is 414 g/mol. The predicted octanol–water partition coefficient (Wildman–Crippen LogP) is 3.94. The number of carbonyl (C=O) groups excluding carboxylic acids is 1. The third-order valence-electron chi connectivity index (χ3n) is 3.01. The van der Waals surface area contributed by atoms with Gasteiger partial charge in [-0.25, -0.2) is 0 Å². The van der Waals surface area contributed by atoms with Gasteiger partial charge < -0.3 is 5.32 Å². The predicted molar refractivity (Wildman–Crippen MR) is 99.9 cm³/mol.